The summed E-state index contributed by atoms with van der Waals surface area (Å²) in [6, 6.07) is 2.33. The van der Waals surface area contributed by atoms with Crippen LogP contribution in [0.4, 0.5) is 17.6 Å². The van der Waals surface area contributed by atoms with Crippen LogP contribution in [0, 0.1) is 5.82 Å². The Bertz CT molecular complexity index is 564. The lowest BCUT2D eigenvalue weighted by atomic mass is 10.1. The predicted octanol–water partition coefficient (Wildman–Crippen LogP) is 4.71. The fraction of sp³-hybridized carbons (Fsp3) is 0.182. The van der Waals surface area contributed by atoms with Gasteiger partial charge in [0.1, 0.15) is 10.8 Å². The number of hydrogen-bond acceptors (Lipinski definition) is 2. The van der Waals surface area contributed by atoms with Gasteiger partial charge < -0.3 is 0 Å². The molecule has 0 N–H and O–H groups in total. The normalized spacial score (nSPS) is 11.8. The van der Waals surface area contributed by atoms with Gasteiger partial charge >= 0.3 is 6.18 Å². The molecular weight excluding hydrogens is 290 g/mol. The Labute approximate surface area is 109 Å². The lowest BCUT2D eigenvalue weighted by Crippen LogP contribution is -2.07. The highest BCUT2D eigenvalue weighted by atomic mass is 35.5. The number of aromatic nitrogens is 1. The Hall–Kier alpha value is -1.14. The fourth-order valence-corrected chi connectivity index (χ4v) is 2.46. The molecule has 0 aliphatic rings. The van der Waals surface area contributed by atoms with Gasteiger partial charge in [0, 0.05) is 16.6 Å². The van der Waals surface area contributed by atoms with E-state index in [0.29, 0.717) is 10.9 Å². The van der Waals surface area contributed by atoms with Gasteiger partial charge in [-0.2, -0.15) is 13.2 Å². The Kier molecular flexibility index (Phi) is 3.59. The highest BCUT2D eigenvalue weighted by Gasteiger charge is 2.34. The number of benzene rings is 1. The third kappa shape index (κ3) is 2.64. The Morgan fingerprint density at radius 3 is 2.56 bits per heavy atom. The number of alkyl halides is 4. The molecule has 0 radical (unpaired) electrons. The zero-order valence-electron chi connectivity index (χ0n) is 8.76. The number of hydrogen-bond donors (Lipinski definition) is 0. The Balaban J connectivity index is 2.58. The third-order valence-electron chi connectivity index (χ3n) is 2.20. The topological polar surface area (TPSA) is 12.9 Å². The molecular formula is C11H6ClF4NS. The zero-order chi connectivity index (χ0) is 13.3. The number of thiazole rings is 1. The maximum Gasteiger partial charge on any atom is 0.417 e. The second-order valence-electron chi connectivity index (χ2n) is 3.45. The molecule has 18 heavy (non-hydrogen) atoms. The largest absolute Gasteiger partial charge is 0.417 e. The van der Waals surface area contributed by atoms with E-state index in [1.807, 2.05) is 0 Å². The van der Waals surface area contributed by atoms with Crippen LogP contribution in [0.1, 0.15) is 10.4 Å². The molecule has 96 valence electrons. The maximum absolute atomic E-state index is 13.1. The molecule has 0 saturated carbocycles. The van der Waals surface area contributed by atoms with Crippen molar-refractivity contribution in [2.75, 3.05) is 0 Å². The fourth-order valence-electron chi connectivity index (χ4n) is 1.43. The summed E-state index contributed by atoms with van der Waals surface area (Å²) in [5, 5.41) is 0.109. The molecule has 1 heterocycles. The van der Waals surface area contributed by atoms with Crippen molar-refractivity contribution in [1.82, 2.24) is 4.98 Å². The highest BCUT2D eigenvalue weighted by molar-refractivity contribution is 7.15. The monoisotopic (exact) mass is 295 g/mol. The van der Waals surface area contributed by atoms with E-state index in [-0.39, 0.29) is 16.5 Å². The smallest absolute Gasteiger partial charge is 0.244 e. The lowest BCUT2D eigenvalue weighted by Gasteiger charge is -2.10. The highest BCUT2D eigenvalue weighted by Crippen LogP contribution is 2.38. The minimum Gasteiger partial charge on any atom is -0.244 e. The van der Waals surface area contributed by atoms with Crippen molar-refractivity contribution in [3.8, 4) is 10.6 Å². The minimum atomic E-state index is -4.55. The standard InChI is InChI=1S/C11H6ClF4NS/c12-4-7-5-17-10(18-7)8-3-6(13)1-2-9(8)11(14,15)16/h1-3,5H,4H2. The second kappa shape index (κ2) is 4.85. The van der Waals surface area contributed by atoms with Crippen molar-refractivity contribution >= 4 is 22.9 Å². The average Bonchev–Trinajstić information content (AvgIpc) is 2.75. The van der Waals surface area contributed by atoms with E-state index in [1.54, 1.807) is 0 Å². The van der Waals surface area contributed by atoms with Crippen LogP contribution in [0.5, 0.6) is 0 Å². The van der Waals surface area contributed by atoms with Crippen molar-refractivity contribution in [1.29, 1.82) is 0 Å². The van der Waals surface area contributed by atoms with Crippen molar-refractivity contribution in [2.45, 2.75) is 12.1 Å². The molecule has 0 bridgehead atoms. The molecule has 0 aliphatic heterocycles. The third-order valence-corrected chi connectivity index (χ3v) is 3.68. The summed E-state index contributed by atoms with van der Waals surface area (Å²) in [7, 11) is 0. The van der Waals surface area contributed by atoms with Crippen LogP contribution in [-0.4, -0.2) is 4.98 Å². The molecule has 0 aliphatic carbocycles. The van der Waals surface area contributed by atoms with Crippen LogP contribution in [-0.2, 0) is 12.1 Å². The van der Waals surface area contributed by atoms with E-state index in [4.69, 9.17) is 11.6 Å². The zero-order valence-corrected chi connectivity index (χ0v) is 10.3. The van der Waals surface area contributed by atoms with Crippen molar-refractivity contribution < 1.29 is 17.6 Å². The van der Waals surface area contributed by atoms with E-state index in [9.17, 15) is 17.6 Å². The van der Waals surface area contributed by atoms with E-state index < -0.39 is 17.6 Å². The van der Waals surface area contributed by atoms with E-state index in [2.05, 4.69) is 4.98 Å². The molecule has 0 saturated heterocycles. The molecule has 2 aromatic rings. The summed E-state index contributed by atoms with van der Waals surface area (Å²) in [5.41, 5.74) is -1.16. The first kappa shape index (κ1) is 13.3. The van der Waals surface area contributed by atoms with Crippen LogP contribution < -0.4 is 0 Å². The molecule has 1 aromatic heterocycles. The van der Waals surface area contributed by atoms with E-state index in [0.717, 1.165) is 23.5 Å². The summed E-state index contributed by atoms with van der Waals surface area (Å²) in [4.78, 5) is 4.47. The summed E-state index contributed by atoms with van der Waals surface area (Å²) in [6.07, 6.45) is -3.16. The molecule has 0 amide bonds. The van der Waals surface area contributed by atoms with Gasteiger partial charge in [-0.05, 0) is 18.2 Å². The summed E-state index contributed by atoms with van der Waals surface area (Å²) >= 11 is 6.58. The summed E-state index contributed by atoms with van der Waals surface area (Å²) < 4.78 is 51.4. The van der Waals surface area contributed by atoms with Gasteiger partial charge in [-0.3, -0.25) is 0 Å². The van der Waals surface area contributed by atoms with Crippen LogP contribution >= 0.6 is 22.9 Å². The van der Waals surface area contributed by atoms with Crippen molar-refractivity contribution in [3.05, 3.63) is 40.7 Å². The van der Waals surface area contributed by atoms with Gasteiger partial charge in [0.15, 0.2) is 0 Å². The Morgan fingerprint density at radius 1 is 1.28 bits per heavy atom. The quantitative estimate of drug-likeness (QED) is 0.578. The summed E-state index contributed by atoms with van der Waals surface area (Å²) in [6.45, 7) is 0. The first-order valence-corrected chi connectivity index (χ1v) is 6.14. The Morgan fingerprint density at radius 2 is 2.00 bits per heavy atom. The number of rotatable bonds is 2. The maximum atomic E-state index is 13.1. The average molecular weight is 296 g/mol. The molecule has 7 heteroatoms. The lowest BCUT2D eigenvalue weighted by molar-refractivity contribution is -0.137. The molecule has 1 nitrogen and oxygen atoms in total. The van der Waals surface area contributed by atoms with Gasteiger partial charge in [-0.25, -0.2) is 9.37 Å². The van der Waals surface area contributed by atoms with Crippen molar-refractivity contribution in [2.24, 2.45) is 0 Å². The van der Waals surface area contributed by atoms with E-state index in [1.165, 1.54) is 6.20 Å². The first-order chi connectivity index (χ1) is 8.41. The van der Waals surface area contributed by atoms with Gasteiger partial charge in [-0.15, -0.1) is 22.9 Å². The molecule has 0 atom stereocenters. The van der Waals surface area contributed by atoms with Crippen LogP contribution in [0.3, 0.4) is 0 Å². The number of halogens is 5. The first-order valence-electron chi connectivity index (χ1n) is 4.79. The van der Waals surface area contributed by atoms with Crippen molar-refractivity contribution in [3.63, 3.8) is 0 Å². The minimum absolute atomic E-state index is 0.109. The SMILES string of the molecule is Fc1ccc(C(F)(F)F)c(-c2ncc(CCl)s2)c1. The van der Waals surface area contributed by atoms with Crippen LogP contribution in [0.15, 0.2) is 24.4 Å². The van der Waals surface area contributed by atoms with Crippen LogP contribution in [0.2, 0.25) is 0 Å². The predicted molar refractivity (Wildman–Crippen MR) is 62.1 cm³/mol. The molecule has 0 unspecified atom stereocenters. The van der Waals surface area contributed by atoms with Gasteiger partial charge in [-0.1, -0.05) is 0 Å². The molecule has 2 rings (SSSR count). The molecule has 0 fully saturated rings. The molecule has 0 spiro atoms. The van der Waals surface area contributed by atoms with E-state index >= 15 is 0 Å². The van der Waals surface area contributed by atoms with Gasteiger partial charge in [0.25, 0.3) is 0 Å². The van der Waals surface area contributed by atoms with Crippen LogP contribution in [0.25, 0.3) is 10.6 Å². The van der Waals surface area contributed by atoms with Gasteiger partial charge in [0.2, 0.25) is 0 Å². The van der Waals surface area contributed by atoms with Gasteiger partial charge in [0.05, 0.1) is 11.4 Å². The number of nitrogens with zero attached hydrogens (tertiary/aromatic N) is 1. The second-order valence-corrected chi connectivity index (χ2v) is 4.84. The molecule has 1 aromatic carbocycles. The summed E-state index contributed by atoms with van der Waals surface area (Å²) in [5.74, 6) is -0.574.